The van der Waals surface area contributed by atoms with Gasteiger partial charge < -0.3 is 10.2 Å². The third-order valence-electron chi connectivity index (χ3n) is 5.41. The molecule has 0 aromatic heterocycles. The molecule has 0 spiro atoms. The number of piperidine rings is 1. The molecule has 2 aliphatic carbocycles. The van der Waals surface area contributed by atoms with Crippen molar-refractivity contribution in [1.82, 2.24) is 10.2 Å². The van der Waals surface area contributed by atoms with Gasteiger partial charge in [0.25, 0.3) is 0 Å². The Labute approximate surface area is 123 Å². The summed E-state index contributed by atoms with van der Waals surface area (Å²) in [6.45, 7) is 3.27. The number of carbonyl (C=O) groups is 1. The largest absolute Gasteiger partial charge is 0.339 e. The van der Waals surface area contributed by atoms with Gasteiger partial charge in [-0.05, 0) is 63.5 Å². The van der Waals surface area contributed by atoms with E-state index in [1.54, 1.807) is 0 Å². The lowest BCUT2D eigenvalue weighted by atomic mass is 9.88. The number of hydrogen-bond acceptors (Lipinski definition) is 2. The third-order valence-corrected chi connectivity index (χ3v) is 5.41. The van der Waals surface area contributed by atoms with E-state index in [0.717, 1.165) is 32.0 Å². The van der Waals surface area contributed by atoms with Crippen molar-refractivity contribution in [2.24, 2.45) is 11.8 Å². The summed E-state index contributed by atoms with van der Waals surface area (Å²) >= 11 is 0. The molecule has 0 radical (unpaired) electrons. The van der Waals surface area contributed by atoms with Gasteiger partial charge in [0.15, 0.2) is 0 Å². The number of hydrogen-bond donors (Lipinski definition) is 1. The molecule has 0 aromatic carbocycles. The number of carbonyl (C=O) groups excluding carboxylic acids is 1. The van der Waals surface area contributed by atoms with Crippen molar-refractivity contribution >= 4 is 5.91 Å². The molecule has 1 N–H and O–H groups in total. The van der Waals surface area contributed by atoms with E-state index in [1.807, 2.05) is 0 Å². The van der Waals surface area contributed by atoms with Gasteiger partial charge in [-0.15, -0.1) is 0 Å². The first-order valence-electron chi connectivity index (χ1n) is 8.83. The molecule has 1 heterocycles. The Bertz CT molecular complexity index is 315. The molecule has 0 aromatic rings. The van der Waals surface area contributed by atoms with Gasteiger partial charge in [0.05, 0.1) is 0 Å². The van der Waals surface area contributed by atoms with Crippen LogP contribution in [0.3, 0.4) is 0 Å². The predicted octanol–water partition coefficient (Wildman–Crippen LogP) is 2.95. The average Bonchev–Trinajstić information content (AvgIpc) is 3.31. The summed E-state index contributed by atoms with van der Waals surface area (Å²) in [6.07, 6.45) is 12.6. The molecule has 3 nitrogen and oxygen atoms in total. The second kappa shape index (κ2) is 6.93. The normalized spacial score (nSPS) is 25.6. The Kier molecular flexibility index (Phi) is 4.98. The van der Waals surface area contributed by atoms with Crippen LogP contribution in [-0.2, 0) is 4.79 Å². The summed E-state index contributed by atoms with van der Waals surface area (Å²) in [4.78, 5) is 14.9. The SMILES string of the molecule is O=C(CC1CCNCC1)N(CC1CCCCC1)C1CC1. The molecule has 3 heteroatoms. The van der Waals surface area contributed by atoms with Crippen LogP contribution in [0.5, 0.6) is 0 Å². The minimum Gasteiger partial charge on any atom is -0.339 e. The van der Waals surface area contributed by atoms with Gasteiger partial charge in [-0.25, -0.2) is 0 Å². The topological polar surface area (TPSA) is 32.3 Å². The maximum Gasteiger partial charge on any atom is 0.223 e. The lowest BCUT2D eigenvalue weighted by molar-refractivity contribution is -0.133. The van der Waals surface area contributed by atoms with Gasteiger partial charge in [0.1, 0.15) is 0 Å². The standard InChI is InChI=1S/C17H30N2O/c20-17(12-14-8-10-18-11-9-14)19(16-6-7-16)13-15-4-2-1-3-5-15/h14-16,18H,1-13H2. The zero-order chi connectivity index (χ0) is 13.8. The highest BCUT2D eigenvalue weighted by molar-refractivity contribution is 5.77. The maximum atomic E-state index is 12.7. The highest BCUT2D eigenvalue weighted by Gasteiger charge is 2.34. The van der Waals surface area contributed by atoms with Crippen LogP contribution in [0.1, 0.15) is 64.2 Å². The molecule has 3 rings (SSSR count). The molecule has 1 aliphatic heterocycles. The van der Waals surface area contributed by atoms with Crippen LogP contribution >= 0.6 is 0 Å². The molecule has 2 saturated carbocycles. The van der Waals surface area contributed by atoms with E-state index in [4.69, 9.17) is 0 Å². The van der Waals surface area contributed by atoms with Crippen molar-refractivity contribution in [1.29, 1.82) is 0 Å². The van der Waals surface area contributed by atoms with Crippen molar-refractivity contribution in [3.8, 4) is 0 Å². The Morgan fingerprint density at radius 2 is 1.60 bits per heavy atom. The Hall–Kier alpha value is -0.570. The Morgan fingerprint density at radius 1 is 0.900 bits per heavy atom. The van der Waals surface area contributed by atoms with E-state index >= 15 is 0 Å². The van der Waals surface area contributed by atoms with Gasteiger partial charge in [0, 0.05) is 19.0 Å². The fourth-order valence-corrected chi connectivity index (χ4v) is 3.94. The zero-order valence-electron chi connectivity index (χ0n) is 12.8. The fourth-order valence-electron chi connectivity index (χ4n) is 3.94. The average molecular weight is 278 g/mol. The van der Waals surface area contributed by atoms with Crippen molar-refractivity contribution in [2.45, 2.75) is 70.3 Å². The predicted molar refractivity (Wildman–Crippen MR) is 81.5 cm³/mol. The van der Waals surface area contributed by atoms with Gasteiger partial charge in [-0.2, -0.15) is 0 Å². The zero-order valence-corrected chi connectivity index (χ0v) is 12.8. The Morgan fingerprint density at radius 3 is 2.25 bits per heavy atom. The smallest absolute Gasteiger partial charge is 0.223 e. The van der Waals surface area contributed by atoms with Crippen molar-refractivity contribution in [3.05, 3.63) is 0 Å². The lowest BCUT2D eigenvalue weighted by Crippen LogP contribution is -2.39. The molecule has 1 saturated heterocycles. The van der Waals surface area contributed by atoms with Gasteiger partial charge in [-0.1, -0.05) is 19.3 Å². The Balaban J connectivity index is 1.51. The molecule has 1 amide bonds. The van der Waals surface area contributed by atoms with Gasteiger partial charge in [0.2, 0.25) is 5.91 Å². The number of nitrogens with one attached hydrogen (secondary N) is 1. The maximum absolute atomic E-state index is 12.7. The molecule has 114 valence electrons. The van der Waals surface area contributed by atoms with Crippen LogP contribution in [0.4, 0.5) is 0 Å². The first-order chi connectivity index (χ1) is 9.83. The van der Waals surface area contributed by atoms with E-state index in [2.05, 4.69) is 10.2 Å². The minimum atomic E-state index is 0.463. The summed E-state index contributed by atoms with van der Waals surface area (Å²) in [5.41, 5.74) is 0. The number of amides is 1. The first-order valence-corrected chi connectivity index (χ1v) is 8.83. The summed E-state index contributed by atoms with van der Waals surface area (Å²) in [5, 5.41) is 3.39. The molecule has 20 heavy (non-hydrogen) atoms. The van der Waals surface area contributed by atoms with Crippen LogP contribution in [0.15, 0.2) is 0 Å². The highest BCUT2D eigenvalue weighted by Crippen LogP contribution is 2.32. The molecule has 0 unspecified atom stereocenters. The second-order valence-electron chi connectivity index (χ2n) is 7.18. The molecule has 0 atom stereocenters. The first kappa shape index (κ1) is 14.4. The van der Waals surface area contributed by atoms with Crippen LogP contribution in [0.25, 0.3) is 0 Å². The fraction of sp³-hybridized carbons (Fsp3) is 0.941. The summed E-state index contributed by atoms with van der Waals surface area (Å²) in [5.74, 6) is 1.89. The number of rotatable bonds is 5. The van der Waals surface area contributed by atoms with E-state index in [1.165, 1.54) is 57.8 Å². The van der Waals surface area contributed by atoms with Gasteiger partial charge in [-0.3, -0.25) is 4.79 Å². The van der Waals surface area contributed by atoms with Crippen molar-refractivity contribution in [3.63, 3.8) is 0 Å². The summed E-state index contributed by atoms with van der Waals surface area (Å²) in [7, 11) is 0. The van der Waals surface area contributed by atoms with Crippen LogP contribution in [0, 0.1) is 11.8 Å². The van der Waals surface area contributed by atoms with Crippen LogP contribution < -0.4 is 5.32 Å². The van der Waals surface area contributed by atoms with E-state index in [0.29, 0.717) is 17.9 Å². The lowest BCUT2D eigenvalue weighted by Gasteiger charge is -2.31. The van der Waals surface area contributed by atoms with E-state index in [9.17, 15) is 4.79 Å². The molecule has 0 bridgehead atoms. The van der Waals surface area contributed by atoms with Crippen molar-refractivity contribution < 1.29 is 4.79 Å². The minimum absolute atomic E-state index is 0.463. The van der Waals surface area contributed by atoms with Crippen molar-refractivity contribution in [2.75, 3.05) is 19.6 Å². The molecule has 3 aliphatic rings. The monoisotopic (exact) mass is 278 g/mol. The number of nitrogens with zero attached hydrogens (tertiary/aromatic N) is 1. The second-order valence-corrected chi connectivity index (χ2v) is 7.18. The van der Waals surface area contributed by atoms with Crippen LogP contribution in [-0.4, -0.2) is 36.5 Å². The summed E-state index contributed by atoms with van der Waals surface area (Å²) < 4.78 is 0. The molecule has 3 fully saturated rings. The molecular formula is C17H30N2O. The highest BCUT2D eigenvalue weighted by atomic mass is 16.2. The van der Waals surface area contributed by atoms with E-state index < -0.39 is 0 Å². The van der Waals surface area contributed by atoms with Crippen LogP contribution in [0.2, 0.25) is 0 Å². The van der Waals surface area contributed by atoms with Gasteiger partial charge >= 0.3 is 0 Å². The summed E-state index contributed by atoms with van der Waals surface area (Å²) in [6, 6.07) is 0.603. The third kappa shape index (κ3) is 3.97. The van der Waals surface area contributed by atoms with E-state index in [-0.39, 0.29) is 0 Å². The quantitative estimate of drug-likeness (QED) is 0.838. The molecular weight excluding hydrogens is 248 g/mol.